The van der Waals surface area contributed by atoms with Crippen LogP contribution in [0.4, 0.5) is 26.3 Å². The Kier molecular flexibility index (Phi) is 5.76. The van der Waals surface area contributed by atoms with Crippen molar-refractivity contribution in [3.8, 4) is 39.8 Å². The lowest BCUT2D eigenvalue weighted by molar-refractivity contribution is -0.138. The Morgan fingerprint density at radius 3 is 1.66 bits per heavy atom. The van der Waals surface area contributed by atoms with Crippen LogP contribution in [0, 0.1) is 17.9 Å². The summed E-state index contributed by atoms with van der Waals surface area (Å²) in [6.45, 7) is 7.45. The van der Waals surface area contributed by atoms with Crippen molar-refractivity contribution in [1.82, 2.24) is 9.97 Å². The van der Waals surface area contributed by atoms with Gasteiger partial charge in [-0.3, -0.25) is 0 Å². The van der Waals surface area contributed by atoms with Crippen LogP contribution in [-0.4, -0.2) is 9.97 Å². The number of nitriles is 1. The van der Waals surface area contributed by atoms with Gasteiger partial charge in [-0.05, 0) is 29.8 Å². The second kappa shape index (κ2) is 8.86. The Balaban J connectivity index is 1.88. The number of aromatic nitrogens is 2. The highest BCUT2D eigenvalue weighted by Gasteiger charge is 2.34. The number of fused-ring (bicyclic) bond motifs is 3. The average Bonchev–Trinajstić information content (AvgIpc) is 3.21. The smallest absolute Gasteiger partial charge is 0.244 e. The maximum absolute atomic E-state index is 13.5. The van der Waals surface area contributed by atoms with Crippen LogP contribution in [0.2, 0.25) is 0 Å². The summed E-state index contributed by atoms with van der Waals surface area (Å²) < 4.78 is 81.0. The molecule has 186 valence electrons. The second-order valence-corrected chi connectivity index (χ2v) is 8.27. The van der Waals surface area contributed by atoms with E-state index in [1.165, 1.54) is 18.2 Å². The number of benzene rings is 3. The quantitative estimate of drug-likeness (QED) is 0.135. The molecule has 38 heavy (non-hydrogen) atoms. The van der Waals surface area contributed by atoms with Gasteiger partial charge in [0.05, 0.1) is 46.5 Å². The first kappa shape index (κ1) is 24.7. The van der Waals surface area contributed by atoms with Crippen LogP contribution in [-0.2, 0) is 12.4 Å². The van der Waals surface area contributed by atoms with Gasteiger partial charge in [0, 0.05) is 22.3 Å². The number of nitrogens with zero attached hydrogens (tertiary/aromatic N) is 4. The van der Waals surface area contributed by atoms with Crippen molar-refractivity contribution in [2.24, 2.45) is 0 Å². The monoisotopic (exact) mass is 518 g/mol. The Bertz CT molecular complexity index is 1700. The summed E-state index contributed by atoms with van der Waals surface area (Å²) in [4.78, 5) is 12.4. The molecule has 1 aliphatic carbocycles. The van der Waals surface area contributed by atoms with E-state index in [2.05, 4.69) is 14.8 Å². The molecule has 0 saturated carbocycles. The van der Waals surface area contributed by atoms with Crippen LogP contribution < -0.4 is 0 Å². The summed E-state index contributed by atoms with van der Waals surface area (Å²) in [7, 11) is 0. The van der Waals surface area contributed by atoms with Crippen molar-refractivity contribution in [1.29, 1.82) is 5.26 Å². The lowest BCUT2D eigenvalue weighted by atomic mass is 9.99. The van der Waals surface area contributed by atoms with Gasteiger partial charge in [-0.2, -0.15) is 26.3 Å². The highest BCUT2D eigenvalue weighted by Crippen LogP contribution is 2.47. The van der Waals surface area contributed by atoms with Crippen LogP contribution in [0.25, 0.3) is 44.2 Å². The third kappa shape index (κ3) is 4.16. The molecule has 5 rings (SSSR count). The molecule has 0 spiro atoms. The van der Waals surface area contributed by atoms with E-state index in [0.717, 1.165) is 30.3 Å². The van der Waals surface area contributed by atoms with Gasteiger partial charge >= 0.3 is 12.4 Å². The standard InChI is InChI=1S/C28H12F6N4/c1-36-21(14-35)22-19-10-2-3-11-20(19)25-26(22)38-24(16-7-5-9-18(13-16)28(32,33)34)23(37-25)15-6-4-8-17(12-15)27(29,30)31/h2-13H. The fourth-order valence-corrected chi connectivity index (χ4v) is 4.30. The number of hydrogen-bond donors (Lipinski definition) is 0. The molecule has 0 bridgehead atoms. The zero-order valence-corrected chi connectivity index (χ0v) is 19.0. The molecule has 0 atom stereocenters. The first-order valence-electron chi connectivity index (χ1n) is 10.9. The van der Waals surface area contributed by atoms with Gasteiger partial charge in [0.25, 0.3) is 5.70 Å². The number of allylic oxidation sites excluding steroid dienone is 1. The molecule has 0 aliphatic heterocycles. The maximum Gasteiger partial charge on any atom is 0.416 e. The number of alkyl halides is 6. The van der Waals surface area contributed by atoms with Crippen molar-refractivity contribution in [3.63, 3.8) is 0 Å². The van der Waals surface area contributed by atoms with E-state index in [0.29, 0.717) is 11.1 Å². The van der Waals surface area contributed by atoms with E-state index in [1.54, 1.807) is 24.3 Å². The van der Waals surface area contributed by atoms with Crippen LogP contribution in [0.3, 0.4) is 0 Å². The highest BCUT2D eigenvalue weighted by molar-refractivity contribution is 6.02. The Labute approximate surface area is 212 Å². The molecule has 0 N–H and O–H groups in total. The first-order valence-corrected chi connectivity index (χ1v) is 10.9. The van der Waals surface area contributed by atoms with Gasteiger partial charge in [-0.15, -0.1) is 0 Å². The van der Waals surface area contributed by atoms with Crippen molar-refractivity contribution < 1.29 is 26.3 Å². The van der Waals surface area contributed by atoms with E-state index in [4.69, 9.17) is 6.57 Å². The number of halogens is 6. The predicted molar refractivity (Wildman–Crippen MR) is 127 cm³/mol. The average molecular weight is 518 g/mol. The van der Waals surface area contributed by atoms with Crippen molar-refractivity contribution in [2.75, 3.05) is 0 Å². The molecule has 3 aromatic carbocycles. The molecule has 0 amide bonds. The predicted octanol–water partition coefficient (Wildman–Crippen LogP) is 8.03. The van der Waals surface area contributed by atoms with Gasteiger partial charge in [-0.25, -0.2) is 20.1 Å². The summed E-state index contributed by atoms with van der Waals surface area (Å²) in [5, 5.41) is 9.59. The molecule has 0 fully saturated rings. The highest BCUT2D eigenvalue weighted by atomic mass is 19.4. The van der Waals surface area contributed by atoms with Crippen molar-refractivity contribution in [3.05, 3.63) is 112 Å². The normalized spacial score (nSPS) is 13.8. The summed E-state index contributed by atoms with van der Waals surface area (Å²) in [6, 6.07) is 16.9. The fourth-order valence-electron chi connectivity index (χ4n) is 4.30. The van der Waals surface area contributed by atoms with Gasteiger partial charge in [0.1, 0.15) is 0 Å². The first-order chi connectivity index (χ1) is 18.0. The van der Waals surface area contributed by atoms with E-state index in [1.807, 2.05) is 6.07 Å². The Hall–Kier alpha value is -4.96. The molecular weight excluding hydrogens is 506 g/mol. The minimum absolute atomic E-state index is 0.0110. The van der Waals surface area contributed by atoms with E-state index in [-0.39, 0.29) is 45.2 Å². The molecule has 1 heterocycles. The molecule has 10 heteroatoms. The SMILES string of the molecule is [C-]#[N+]C(C#N)=C1c2ccccc2-c2nc(-c3cccc(C(F)(F)F)c3)c(-c3cccc(C(F)(F)F)c3)nc21. The number of rotatable bonds is 2. The molecule has 4 aromatic rings. The minimum Gasteiger partial charge on any atom is -0.244 e. The second-order valence-electron chi connectivity index (χ2n) is 8.27. The largest absolute Gasteiger partial charge is 0.416 e. The molecule has 1 aromatic heterocycles. The molecule has 0 saturated heterocycles. The zero-order valence-electron chi connectivity index (χ0n) is 19.0. The maximum atomic E-state index is 13.5. The molecule has 1 aliphatic rings. The number of hydrogen-bond acceptors (Lipinski definition) is 3. The van der Waals surface area contributed by atoms with Gasteiger partial charge in [0.15, 0.2) is 0 Å². The summed E-state index contributed by atoms with van der Waals surface area (Å²) >= 11 is 0. The molecule has 0 radical (unpaired) electrons. The molecule has 4 nitrogen and oxygen atoms in total. The summed E-state index contributed by atoms with van der Waals surface area (Å²) in [5.74, 6) is 0. The summed E-state index contributed by atoms with van der Waals surface area (Å²) in [5.41, 5.74) is -1.10. The van der Waals surface area contributed by atoms with E-state index >= 15 is 0 Å². The third-order valence-corrected chi connectivity index (χ3v) is 5.97. The lowest BCUT2D eigenvalue weighted by Gasteiger charge is -2.15. The van der Waals surface area contributed by atoms with Crippen LogP contribution >= 0.6 is 0 Å². The van der Waals surface area contributed by atoms with Crippen LogP contribution in [0.5, 0.6) is 0 Å². The van der Waals surface area contributed by atoms with Gasteiger partial charge in [0.2, 0.25) is 0 Å². The zero-order chi connectivity index (χ0) is 27.2. The Morgan fingerprint density at radius 1 is 0.684 bits per heavy atom. The van der Waals surface area contributed by atoms with Gasteiger partial charge in [-0.1, -0.05) is 48.5 Å². The van der Waals surface area contributed by atoms with Crippen LogP contribution in [0.15, 0.2) is 78.5 Å². The summed E-state index contributed by atoms with van der Waals surface area (Å²) in [6.07, 6.45) is -9.35. The minimum atomic E-state index is -4.68. The van der Waals surface area contributed by atoms with Gasteiger partial charge < -0.3 is 0 Å². The van der Waals surface area contributed by atoms with Crippen LogP contribution in [0.1, 0.15) is 22.4 Å². The van der Waals surface area contributed by atoms with E-state index < -0.39 is 23.5 Å². The fraction of sp³-hybridized carbons (Fsp3) is 0.0714. The van der Waals surface area contributed by atoms with Crippen molar-refractivity contribution in [2.45, 2.75) is 12.4 Å². The molecular formula is C28H12F6N4. The van der Waals surface area contributed by atoms with E-state index in [9.17, 15) is 31.6 Å². The lowest BCUT2D eigenvalue weighted by Crippen LogP contribution is -2.06. The topological polar surface area (TPSA) is 53.9 Å². The Morgan fingerprint density at radius 2 is 1.18 bits per heavy atom. The van der Waals surface area contributed by atoms with Crippen molar-refractivity contribution >= 4 is 5.57 Å². The third-order valence-electron chi connectivity index (χ3n) is 5.97. The molecule has 0 unspecified atom stereocenters.